The summed E-state index contributed by atoms with van der Waals surface area (Å²) in [6, 6.07) is 12.4. The molecule has 2 unspecified atom stereocenters. The third-order valence-electron chi connectivity index (χ3n) is 7.35. The quantitative estimate of drug-likeness (QED) is 0.517. The molecule has 198 valence electrons. The maximum atomic E-state index is 13.3. The molecule has 1 N–H and O–H groups in total. The second-order valence-electron chi connectivity index (χ2n) is 9.86. The number of nitrogens with zero attached hydrogens (tertiary/aromatic N) is 1. The lowest BCUT2D eigenvalue weighted by Crippen LogP contribution is -2.46. The zero-order valence-corrected chi connectivity index (χ0v) is 22.3. The van der Waals surface area contributed by atoms with Crippen LogP contribution in [0.5, 0.6) is 0 Å². The number of amides is 2. The Balaban J connectivity index is 1.28. The van der Waals surface area contributed by atoms with Crippen molar-refractivity contribution in [1.29, 1.82) is 0 Å². The Bertz CT molecular complexity index is 1120. The number of carbonyl (C=O) groups excluding carboxylic acids is 3. The molecule has 0 radical (unpaired) electrons. The van der Waals surface area contributed by atoms with Gasteiger partial charge in [0.15, 0.2) is 0 Å². The van der Waals surface area contributed by atoms with Gasteiger partial charge in [-0.2, -0.15) is 0 Å². The Morgan fingerprint density at radius 2 is 1.86 bits per heavy atom. The van der Waals surface area contributed by atoms with E-state index in [9.17, 15) is 18.8 Å². The molecule has 37 heavy (non-hydrogen) atoms. The third-order valence-corrected chi connectivity index (χ3v) is 8.66. The van der Waals surface area contributed by atoms with Crippen LogP contribution in [-0.2, 0) is 16.0 Å². The summed E-state index contributed by atoms with van der Waals surface area (Å²) < 4.78 is 18.3. The van der Waals surface area contributed by atoms with Crippen LogP contribution < -0.4 is 5.32 Å². The fraction of sp³-hybridized carbons (Fsp3) is 0.483. The Morgan fingerprint density at radius 1 is 1.14 bits per heavy atom. The van der Waals surface area contributed by atoms with E-state index in [0.29, 0.717) is 43.9 Å². The van der Waals surface area contributed by atoms with Crippen LogP contribution >= 0.6 is 11.8 Å². The first kappa shape index (κ1) is 27.2. The SMILES string of the molecule is CCOC(=O)N1CCC(NC(=O)c2ccc(CCC3CC(c4ccc(F)cc4)SCC3=O)c(C)c2)CC1. The van der Waals surface area contributed by atoms with E-state index in [0.717, 1.165) is 36.0 Å². The van der Waals surface area contributed by atoms with Crippen molar-refractivity contribution in [3.05, 3.63) is 70.5 Å². The van der Waals surface area contributed by atoms with Crippen molar-refractivity contribution in [2.45, 2.75) is 57.2 Å². The summed E-state index contributed by atoms with van der Waals surface area (Å²) in [5.41, 5.74) is 3.87. The van der Waals surface area contributed by atoms with E-state index in [1.165, 1.54) is 12.1 Å². The molecule has 2 fully saturated rings. The molecule has 2 aromatic rings. The van der Waals surface area contributed by atoms with Crippen LogP contribution in [0.2, 0.25) is 0 Å². The van der Waals surface area contributed by atoms with Gasteiger partial charge in [-0.15, -0.1) is 11.8 Å². The van der Waals surface area contributed by atoms with Gasteiger partial charge < -0.3 is 15.0 Å². The van der Waals surface area contributed by atoms with Crippen molar-refractivity contribution in [2.75, 3.05) is 25.4 Å². The second-order valence-corrected chi connectivity index (χ2v) is 11.1. The van der Waals surface area contributed by atoms with Crippen molar-refractivity contribution < 1.29 is 23.5 Å². The maximum Gasteiger partial charge on any atom is 0.409 e. The van der Waals surface area contributed by atoms with Gasteiger partial charge in [0, 0.05) is 35.9 Å². The fourth-order valence-corrected chi connectivity index (χ4v) is 6.40. The van der Waals surface area contributed by atoms with E-state index in [-0.39, 0.29) is 40.8 Å². The normalized spacial score (nSPS) is 20.5. The van der Waals surface area contributed by atoms with Crippen molar-refractivity contribution in [3.8, 4) is 0 Å². The van der Waals surface area contributed by atoms with Gasteiger partial charge in [0.1, 0.15) is 11.6 Å². The molecule has 2 amide bonds. The van der Waals surface area contributed by atoms with E-state index in [1.54, 1.807) is 23.6 Å². The molecule has 0 spiro atoms. The van der Waals surface area contributed by atoms with Gasteiger partial charge in [0.25, 0.3) is 5.91 Å². The van der Waals surface area contributed by atoms with E-state index in [2.05, 4.69) is 5.32 Å². The number of hydrogen-bond donors (Lipinski definition) is 1. The van der Waals surface area contributed by atoms with Gasteiger partial charge in [0.2, 0.25) is 0 Å². The number of nitrogens with one attached hydrogen (secondary N) is 1. The smallest absolute Gasteiger partial charge is 0.409 e. The summed E-state index contributed by atoms with van der Waals surface area (Å²) >= 11 is 1.64. The predicted octanol–water partition coefficient (Wildman–Crippen LogP) is 5.48. The standard InChI is InChI=1S/C29H35FN2O4S/c1-3-36-29(35)32-14-12-25(13-15-32)31-28(34)23-7-5-20(19(2)16-23)4-6-22-17-27(37-18-26(22)33)21-8-10-24(30)11-9-21/h5,7-11,16,22,25,27H,3-4,6,12-15,17-18H2,1-2H3,(H,31,34). The summed E-state index contributed by atoms with van der Waals surface area (Å²) in [4.78, 5) is 39.0. The number of Topliss-reactive ketones (excluding diaryl/α,β-unsaturated/α-hetero) is 1. The van der Waals surface area contributed by atoms with Crippen LogP contribution in [0.1, 0.15) is 64.9 Å². The van der Waals surface area contributed by atoms with Crippen LogP contribution in [0, 0.1) is 18.7 Å². The van der Waals surface area contributed by atoms with Gasteiger partial charge in [-0.05, 0) is 86.9 Å². The van der Waals surface area contributed by atoms with Crippen LogP contribution in [0.25, 0.3) is 0 Å². The molecule has 8 heteroatoms. The number of rotatable bonds is 7. The van der Waals surface area contributed by atoms with E-state index in [1.807, 2.05) is 37.3 Å². The molecule has 4 rings (SSSR count). The van der Waals surface area contributed by atoms with Gasteiger partial charge in [-0.3, -0.25) is 9.59 Å². The molecule has 2 aliphatic rings. The first-order chi connectivity index (χ1) is 17.8. The number of aryl methyl sites for hydroxylation is 2. The van der Waals surface area contributed by atoms with Crippen molar-refractivity contribution in [1.82, 2.24) is 10.2 Å². The molecular weight excluding hydrogens is 491 g/mol. The molecule has 2 atom stereocenters. The lowest BCUT2D eigenvalue weighted by atomic mass is 9.88. The number of halogens is 1. The molecule has 2 saturated heterocycles. The van der Waals surface area contributed by atoms with Gasteiger partial charge in [-0.1, -0.05) is 18.2 Å². The molecular formula is C29H35FN2O4S. The highest BCUT2D eigenvalue weighted by Gasteiger charge is 2.30. The maximum absolute atomic E-state index is 13.3. The second kappa shape index (κ2) is 12.6. The first-order valence-electron chi connectivity index (χ1n) is 13.1. The van der Waals surface area contributed by atoms with Crippen molar-refractivity contribution in [3.63, 3.8) is 0 Å². The Morgan fingerprint density at radius 3 is 2.54 bits per heavy atom. The monoisotopic (exact) mass is 526 g/mol. The Labute approximate surface area is 222 Å². The van der Waals surface area contributed by atoms with Crippen LogP contribution in [0.15, 0.2) is 42.5 Å². The average molecular weight is 527 g/mol. The summed E-state index contributed by atoms with van der Waals surface area (Å²) in [5.74, 6) is 0.406. The highest BCUT2D eigenvalue weighted by atomic mass is 32.2. The third kappa shape index (κ3) is 7.12. The topological polar surface area (TPSA) is 75.7 Å². The zero-order valence-electron chi connectivity index (χ0n) is 21.5. The minimum absolute atomic E-state index is 0.0147. The van der Waals surface area contributed by atoms with Crippen molar-refractivity contribution >= 4 is 29.5 Å². The lowest BCUT2D eigenvalue weighted by molar-refractivity contribution is -0.121. The Kier molecular flexibility index (Phi) is 9.24. The van der Waals surface area contributed by atoms with Gasteiger partial charge >= 0.3 is 6.09 Å². The molecule has 2 aromatic carbocycles. The lowest BCUT2D eigenvalue weighted by Gasteiger charge is -2.31. The molecule has 0 saturated carbocycles. The number of hydrogen-bond acceptors (Lipinski definition) is 5. The van der Waals surface area contributed by atoms with Crippen LogP contribution in [-0.4, -0.2) is 54.2 Å². The number of benzene rings is 2. The zero-order chi connectivity index (χ0) is 26.4. The molecule has 0 aromatic heterocycles. The highest BCUT2D eigenvalue weighted by Crippen LogP contribution is 2.41. The number of carbonyl (C=O) groups is 3. The number of likely N-dealkylation sites (tertiary alicyclic amines) is 1. The summed E-state index contributed by atoms with van der Waals surface area (Å²) in [7, 11) is 0. The molecule has 2 aliphatic heterocycles. The largest absolute Gasteiger partial charge is 0.450 e. The van der Waals surface area contributed by atoms with Crippen molar-refractivity contribution in [2.24, 2.45) is 5.92 Å². The van der Waals surface area contributed by atoms with E-state index < -0.39 is 0 Å². The molecule has 2 heterocycles. The minimum Gasteiger partial charge on any atom is -0.450 e. The minimum atomic E-state index is -0.293. The first-order valence-corrected chi connectivity index (χ1v) is 14.1. The van der Waals surface area contributed by atoms with Gasteiger partial charge in [0.05, 0.1) is 12.4 Å². The molecule has 6 nitrogen and oxygen atoms in total. The Hall–Kier alpha value is -2.87. The molecule has 0 bridgehead atoms. The average Bonchev–Trinajstić information content (AvgIpc) is 2.90. The van der Waals surface area contributed by atoms with E-state index >= 15 is 0 Å². The predicted molar refractivity (Wildman–Crippen MR) is 143 cm³/mol. The summed E-state index contributed by atoms with van der Waals surface area (Å²) in [5, 5.41) is 3.31. The summed E-state index contributed by atoms with van der Waals surface area (Å²) in [6.45, 7) is 5.30. The number of ether oxygens (including phenoxy) is 1. The van der Waals surface area contributed by atoms with Crippen LogP contribution in [0.3, 0.4) is 0 Å². The van der Waals surface area contributed by atoms with E-state index in [4.69, 9.17) is 4.74 Å². The highest BCUT2D eigenvalue weighted by molar-refractivity contribution is 8.00. The number of ketones is 1. The number of thioether (sulfide) groups is 1. The molecule has 0 aliphatic carbocycles. The van der Waals surface area contributed by atoms with Crippen LogP contribution in [0.4, 0.5) is 9.18 Å². The van der Waals surface area contributed by atoms with Gasteiger partial charge in [-0.25, -0.2) is 9.18 Å². The summed E-state index contributed by atoms with van der Waals surface area (Å²) in [6.07, 6.45) is 3.42. The fourth-order valence-electron chi connectivity index (χ4n) is 5.08. The number of piperidine rings is 1.